The number of ether oxygens (including phenoxy) is 3. The third-order valence-electron chi connectivity index (χ3n) is 2.43. The molecular weight excluding hydrogens is 246 g/mol. The molecular formula is C7H8ClNO7. The van der Waals surface area contributed by atoms with Crippen molar-refractivity contribution in [3.05, 3.63) is 10.1 Å². The standard InChI is InChI=1S/C7H8ClNO7/c8-7(10)15-3-1-13-6-4(16-9(11)12)2-14-5(3)6/h3-6H,1-2H2/t3-,4+,5-,6-/m1/s1. The van der Waals surface area contributed by atoms with Crippen molar-refractivity contribution in [1.82, 2.24) is 0 Å². The highest BCUT2D eigenvalue weighted by Crippen LogP contribution is 2.30. The average Bonchev–Trinajstić information content (AvgIpc) is 2.70. The third-order valence-corrected chi connectivity index (χ3v) is 2.52. The van der Waals surface area contributed by atoms with Gasteiger partial charge in [0.15, 0.2) is 12.2 Å². The van der Waals surface area contributed by atoms with E-state index in [1.165, 1.54) is 0 Å². The van der Waals surface area contributed by atoms with Crippen LogP contribution in [0.2, 0.25) is 0 Å². The number of rotatable bonds is 3. The van der Waals surface area contributed by atoms with Crippen molar-refractivity contribution in [2.75, 3.05) is 13.2 Å². The molecule has 16 heavy (non-hydrogen) atoms. The molecule has 0 aliphatic carbocycles. The Morgan fingerprint density at radius 3 is 2.44 bits per heavy atom. The van der Waals surface area contributed by atoms with Crippen LogP contribution in [0.1, 0.15) is 0 Å². The predicted molar refractivity (Wildman–Crippen MR) is 47.5 cm³/mol. The minimum atomic E-state index is -0.962. The van der Waals surface area contributed by atoms with E-state index < -0.39 is 34.9 Å². The van der Waals surface area contributed by atoms with Crippen LogP contribution in [0.5, 0.6) is 0 Å². The molecule has 0 N–H and O–H groups in total. The largest absolute Gasteiger partial charge is 0.445 e. The van der Waals surface area contributed by atoms with Crippen LogP contribution in [-0.4, -0.2) is 48.1 Å². The number of hydrogen-bond donors (Lipinski definition) is 0. The van der Waals surface area contributed by atoms with Gasteiger partial charge in [0.2, 0.25) is 0 Å². The van der Waals surface area contributed by atoms with Gasteiger partial charge in [0.25, 0.3) is 5.09 Å². The van der Waals surface area contributed by atoms with Crippen LogP contribution in [0.3, 0.4) is 0 Å². The average molecular weight is 254 g/mol. The highest BCUT2D eigenvalue weighted by Gasteiger charge is 2.51. The van der Waals surface area contributed by atoms with E-state index in [2.05, 4.69) is 4.84 Å². The maximum atomic E-state index is 10.5. The van der Waals surface area contributed by atoms with E-state index in [0.29, 0.717) is 0 Å². The van der Waals surface area contributed by atoms with Gasteiger partial charge in [-0.2, -0.15) is 0 Å². The summed E-state index contributed by atoms with van der Waals surface area (Å²) < 4.78 is 15.2. The Hall–Kier alpha value is -1.12. The first-order chi connectivity index (χ1) is 7.58. The molecule has 2 fully saturated rings. The normalized spacial score (nSPS) is 36.8. The summed E-state index contributed by atoms with van der Waals surface area (Å²) in [6, 6.07) is 0. The molecule has 90 valence electrons. The van der Waals surface area contributed by atoms with E-state index in [4.69, 9.17) is 25.8 Å². The molecule has 0 aromatic heterocycles. The van der Waals surface area contributed by atoms with Gasteiger partial charge in [0.05, 0.1) is 13.2 Å². The molecule has 2 heterocycles. The Balaban J connectivity index is 1.95. The van der Waals surface area contributed by atoms with E-state index in [1.807, 2.05) is 0 Å². The van der Waals surface area contributed by atoms with Crippen molar-refractivity contribution in [3.8, 4) is 0 Å². The van der Waals surface area contributed by atoms with Crippen LogP contribution in [0.25, 0.3) is 0 Å². The molecule has 0 unspecified atom stereocenters. The van der Waals surface area contributed by atoms with Gasteiger partial charge < -0.3 is 19.0 Å². The zero-order valence-corrected chi connectivity index (χ0v) is 8.66. The topological polar surface area (TPSA) is 97.1 Å². The monoisotopic (exact) mass is 253 g/mol. The first-order valence-electron chi connectivity index (χ1n) is 4.48. The molecule has 8 nitrogen and oxygen atoms in total. The maximum absolute atomic E-state index is 10.5. The summed E-state index contributed by atoms with van der Waals surface area (Å²) in [6.45, 7) is 0.109. The van der Waals surface area contributed by atoms with Crippen molar-refractivity contribution in [3.63, 3.8) is 0 Å². The van der Waals surface area contributed by atoms with Gasteiger partial charge in [-0.15, -0.1) is 10.1 Å². The molecule has 0 saturated carbocycles. The number of hydrogen-bond acceptors (Lipinski definition) is 7. The molecule has 2 rings (SSSR count). The van der Waals surface area contributed by atoms with Gasteiger partial charge in [-0.25, -0.2) is 4.79 Å². The van der Waals surface area contributed by atoms with E-state index in [-0.39, 0.29) is 13.2 Å². The molecule has 2 aliphatic heterocycles. The minimum absolute atomic E-state index is 0.0205. The lowest BCUT2D eigenvalue weighted by atomic mass is 10.1. The van der Waals surface area contributed by atoms with Crippen LogP contribution >= 0.6 is 11.6 Å². The van der Waals surface area contributed by atoms with Gasteiger partial charge in [0.1, 0.15) is 12.2 Å². The Kier molecular flexibility index (Phi) is 3.13. The second kappa shape index (κ2) is 4.40. The smallest absolute Gasteiger partial charge is 0.404 e. The van der Waals surface area contributed by atoms with Crippen LogP contribution in [-0.2, 0) is 19.0 Å². The summed E-state index contributed by atoms with van der Waals surface area (Å²) in [6.07, 6.45) is -2.60. The zero-order chi connectivity index (χ0) is 11.7. The summed E-state index contributed by atoms with van der Waals surface area (Å²) >= 11 is 5.06. The van der Waals surface area contributed by atoms with Crippen molar-refractivity contribution < 1.29 is 28.9 Å². The van der Waals surface area contributed by atoms with Crippen molar-refractivity contribution in [2.24, 2.45) is 0 Å². The number of carbonyl (C=O) groups is 1. The lowest BCUT2D eigenvalue weighted by Gasteiger charge is -2.14. The fourth-order valence-corrected chi connectivity index (χ4v) is 1.96. The molecule has 0 aromatic rings. The van der Waals surface area contributed by atoms with Crippen LogP contribution < -0.4 is 0 Å². The molecule has 0 radical (unpaired) electrons. The highest BCUT2D eigenvalue weighted by atomic mass is 35.5. The van der Waals surface area contributed by atoms with Crippen LogP contribution in [0, 0.1) is 10.1 Å². The third kappa shape index (κ3) is 2.18. The first-order valence-corrected chi connectivity index (χ1v) is 4.86. The fourth-order valence-electron chi connectivity index (χ4n) is 1.85. The molecule has 0 aromatic carbocycles. The Morgan fingerprint density at radius 1 is 1.31 bits per heavy atom. The van der Waals surface area contributed by atoms with Crippen LogP contribution in [0.4, 0.5) is 4.79 Å². The second-order valence-electron chi connectivity index (χ2n) is 3.36. The summed E-state index contributed by atoms with van der Waals surface area (Å²) in [5, 5.41) is 9.27. The number of halogens is 1. The summed E-state index contributed by atoms with van der Waals surface area (Å²) in [5.74, 6) is 0. The molecule has 0 bridgehead atoms. The fraction of sp³-hybridized carbons (Fsp3) is 0.857. The number of carbonyl (C=O) groups excluding carboxylic acids is 1. The van der Waals surface area contributed by atoms with Crippen molar-refractivity contribution in [1.29, 1.82) is 0 Å². The van der Waals surface area contributed by atoms with Gasteiger partial charge in [-0.1, -0.05) is 0 Å². The molecule has 4 atom stereocenters. The number of nitrogens with zero attached hydrogens (tertiary/aromatic N) is 1. The quantitative estimate of drug-likeness (QED) is 0.400. The SMILES string of the molecule is O=C(Cl)O[C@@H]1CO[C@H]2[C@@H]1OC[C@@H]2O[N+](=O)[O-]. The van der Waals surface area contributed by atoms with Crippen molar-refractivity contribution >= 4 is 17.0 Å². The summed E-state index contributed by atoms with van der Waals surface area (Å²) in [5.41, 5.74) is -0.962. The van der Waals surface area contributed by atoms with Crippen LogP contribution in [0.15, 0.2) is 0 Å². The summed E-state index contributed by atoms with van der Waals surface area (Å²) in [4.78, 5) is 25.1. The molecule has 0 spiro atoms. The van der Waals surface area contributed by atoms with Gasteiger partial charge in [0, 0.05) is 11.6 Å². The predicted octanol–water partition coefficient (Wildman–Crippen LogP) is 0.105. The van der Waals surface area contributed by atoms with E-state index in [0.717, 1.165) is 0 Å². The van der Waals surface area contributed by atoms with Gasteiger partial charge in [-0.05, 0) is 0 Å². The summed E-state index contributed by atoms with van der Waals surface area (Å²) in [7, 11) is 0. The highest BCUT2D eigenvalue weighted by molar-refractivity contribution is 6.61. The van der Waals surface area contributed by atoms with E-state index in [1.54, 1.807) is 0 Å². The minimum Gasteiger partial charge on any atom is -0.445 e. The molecule has 2 saturated heterocycles. The van der Waals surface area contributed by atoms with Gasteiger partial charge >= 0.3 is 5.43 Å². The second-order valence-corrected chi connectivity index (χ2v) is 3.67. The molecule has 0 amide bonds. The maximum Gasteiger partial charge on any atom is 0.404 e. The number of fused-ring (bicyclic) bond motifs is 1. The Labute approximate surface area is 94.4 Å². The van der Waals surface area contributed by atoms with E-state index in [9.17, 15) is 14.9 Å². The Bertz CT molecular complexity index is 281. The lowest BCUT2D eigenvalue weighted by Crippen LogP contribution is -2.35. The lowest BCUT2D eigenvalue weighted by molar-refractivity contribution is -0.769. The molecule has 9 heteroatoms. The van der Waals surface area contributed by atoms with E-state index >= 15 is 0 Å². The Morgan fingerprint density at radius 2 is 1.88 bits per heavy atom. The van der Waals surface area contributed by atoms with Crippen molar-refractivity contribution in [2.45, 2.75) is 24.4 Å². The zero-order valence-electron chi connectivity index (χ0n) is 7.91. The first kappa shape index (κ1) is 11.4. The molecule has 2 aliphatic rings. The van der Waals surface area contributed by atoms with Gasteiger partial charge in [-0.3, -0.25) is 0 Å².